The van der Waals surface area contributed by atoms with Gasteiger partial charge in [-0.25, -0.2) is 9.97 Å². The van der Waals surface area contributed by atoms with E-state index in [1.807, 2.05) is 62.4 Å². The predicted octanol–water partition coefficient (Wildman–Crippen LogP) is 6.69. The van der Waals surface area contributed by atoms with Crippen LogP contribution in [0.25, 0.3) is 39.7 Å². The molecule has 0 radical (unpaired) electrons. The molecule has 0 bridgehead atoms. The highest BCUT2D eigenvalue weighted by molar-refractivity contribution is 6.35. The molecule has 0 spiro atoms. The molecular formula is C26H20ClF3N6. The average Bonchev–Trinajstić information content (AvgIpc) is 3.41. The molecule has 0 N–H and O–H groups in total. The first kappa shape index (κ1) is 23.7. The maximum absolute atomic E-state index is 13.9. The molecule has 10 heteroatoms. The van der Waals surface area contributed by atoms with Crippen molar-refractivity contribution in [2.24, 2.45) is 7.05 Å². The number of alkyl halides is 3. The largest absolute Gasteiger partial charge is 0.433 e. The summed E-state index contributed by atoms with van der Waals surface area (Å²) < 4.78 is 44.4. The Morgan fingerprint density at radius 2 is 1.53 bits per heavy atom. The second-order valence-electron chi connectivity index (χ2n) is 8.50. The standard InChI is InChI=1S/C26H20ClF3N6/c1-15-6-4-8-17(10-15)23-22(27)24(18-9-5-7-16(2)11-18)36(34-23)25-32-20(19-13-31-35(3)14-19)12-21(33-25)26(28,29)30/h4-14H,1-3H3. The van der Waals surface area contributed by atoms with E-state index < -0.39 is 11.9 Å². The summed E-state index contributed by atoms with van der Waals surface area (Å²) in [6.07, 6.45) is -1.67. The summed E-state index contributed by atoms with van der Waals surface area (Å²) >= 11 is 6.87. The van der Waals surface area contributed by atoms with Gasteiger partial charge in [-0.2, -0.15) is 28.1 Å². The molecule has 0 aliphatic carbocycles. The molecule has 0 aliphatic rings. The minimum Gasteiger partial charge on any atom is -0.275 e. The Morgan fingerprint density at radius 3 is 2.14 bits per heavy atom. The topological polar surface area (TPSA) is 61.4 Å². The van der Waals surface area contributed by atoms with Crippen LogP contribution < -0.4 is 0 Å². The zero-order chi connectivity index (χ0) is 25.6. The van der Waals surface area contributed by atoms with Crippen LogP contribution in [0.1, 0.15) is 16.8 Å². The Labute approximate surface area is 210 Å². The van der Waals surface area contributed by atoms with E-state index in [1.165, 1.54) is 15.6 Å². The molecule has 0 unspecified atom stereocenters. The first-order valence-corrected chi connectivity index (χ1v) is 11.4. The average molecular weight is 509 g/mol. The zero-order valence-electron chi connectivity index (χ0n) is 19.5. The normalized spacial score (nSPS) is 11.8. The summed E-state index contributed by atoms with van der Waals surface area (Å²) in [6, 6.07) is 15.9. The molecule has 182 valence electrons. The molecule has 5 rings (SSSR count). The number of hydrogen-bond donors (Lipinski definition) is 0. The van der Waals surface area contributed by atoms with Gasteiger partial charge in [0.05, 0.1) is 22.6 Å². The van der Waals surface area contributed by atoms with Crippen LogP contribution in [0, 0.1) is 13.8 Å². The van der Waals surface area contributed by atoms with Gasteiger partial charge in [0.25, 0.3) is 5.95 Å². The number of rotatable bonds is 4. The van der Waals surface area contributed by atoms with Gasteiger partial charge < -0.3 is 0 Å². The Hall–Kier alpha value is -3.98. The lowest BCUT2D eigenvalue weighted by atomic mass is 10.1. The molecule has 0 fully saturated rings. The fourth-order valence-corrected chi connectivity index (χ4v) is 4.27. The van der Waals surface area contributed by atoms with Crippen LogP contribution in [-0.2, 0) is 13.2 Å². The van der Waals surface area contributed by atoms with E-state index in [9.17, 15) is 13.2 Å². The minimum atomic E-state index is -4.70. The summed E-state index contributed by atoms with van der Waals surface area (Å²) in [4.78, 5) is 8.31. The van der Waals surface area contributed by atoms with Gasteiger partial charge in [-0.05, 0) is 32.0 Å². The summed E-state index contributed by atoms with van der Waals surface area (Å²) in [6.45, 7) is 3.85. The van der Waals surface area contributed by atoms with Gasteiger partial charge in [-0.15, -0.1) is 0 Å². The lowest BCUT2D eigenvalue weighted by Gasteiger charge is -2.12. The SMILES string of the molecule is Cc1cccc(-c2nn(-c3nc(-c4cnn(C)c4)cc(C(F)(F)F)n3)c(-c3cccc(C)c3)c2Cl)c1. The van der Waals surface area contributed by atoms with Crippen LogP contribution in [0.2, 0.25) is 5.02 Å². The molecule has 2 aromatic carbocycles. The lowest BCUT2D eigenvalue weighted by molar-refractivity contribution is -0.141. The van der Waals surface area contributed by atoms with Crippen LogP contribution in [0.4, 0.5) is 13.2 Å². The van der Waals surface area contributed by atoms with Crippen molar-refractivity contribution in [2.75, 3.05) is 0 Å². The molecule has 0 saturated carbocycles. The second-order valence-corrected chi connectivity index (χ2v) is 8.88. The summed E-state index contributed by atoms with van der Waals surface area (Å²) in [5, 5.41) is 8.98. The molecule has 3 heterocycles. The molecule has 6 nitrogen and oxygen atoms in total. The quantitative estimate of drug-likeness (QED) is 0.271. The third-order valence-corrected chi connectivity index (χ3v) is 5.96. The van der Waals surface area contributed by atoms with E-state index in [2.05, 4.69) is 20.2 Å². The Morgan fingerprint density at radius 1 is 0.861 bits per heavy atom. The van der Waals surface area contributed by atoms with Crippen molar-refractivity contribution < 1.29 is 13.2 Å². The molecule has 36 heavy (non-hydrogen) atoms. The van der Waals surface area contributed by atoms with Gasteiger partial charge in [0.15, 0.2) is 5.69 Å². The maximum atomic E-state index is 13.9. The van der Waals surface area contributed by atoms with E-state index in [0.29, 0.717) is 22.5 Å². The lowest BCUT2D eigenvalue weighted by Crippen LogP contribution is -2.14. The number of aromatic nitrogens is 6. The molecule has 3 aromatic heterocycles. The second kappa shape index (κ2) is 8.91. The van der Waals surface area contributed by atoms with Crippen molar-refractivity contribution in [2.45, 2.75) is 20.0 Å². The van der Waals surface area contributed by atoms with Crippen LogP contribution in [0.3, 0.4) is 0 Å². The maximum Gasteiger partial charge on any atom is 0.433 e. The minimum absolute atomic E-state index is 0.0688. The van der Waals surface area contributed by atoms with E-state index in [0.717, 1.165) is 22.8 Å². The molecule has 0 aliphatic heterocycles. The number of aryl methyl sites for hydroxylation is 3. The van der Waals surface area contributed by atoms with E-state index in [-0.39, 0.29) is 16.7 Å². The Balaban J connectivity index is 1.81. The monoisotopic (exact) mass is 508 g/mol. The highest BCUT2D eigenvalue weighted by Gasteiger charge is 2.35. The van der Waals surface area contributed by atoms with Crippen molar-refractivity contribution in [1.82, 2.24) is 29.5 Å². The molecule has 0 atom stereocenters. The van der Waals surface area contributed by atoms with Gasteiger partial charge in [-0.3, -0.25) is 4.68 Å². The highest BCUT2D eigenvalue weighted by atomic mass is 35.5. The van der Waals surface area contributed by atoms with Gasteiger partial charge in [-0.1, -0.05) is 59.1 Å². The Bertz CT molecular complexity index is 1590. The first-order chi connectivity index (χ1) is 17.1. The van der Waals surface area contributed by atoms with Crippen LogP contribution in [0.15, 0.2) is 67.0 Å². The number of hydrogen-bond acceptors (Lipinski definition) is 4. The number of nitrogens with zero attached hydrogens (tertiary/aromatic N) is 6. The van der Waals surface area contributed by atoms with Crippen LogP contribution in [0.5, 0.6) is 0 Å². The highest BCUT2D eigenvalue weighted by Crippen LogP contribution is 2.39. The number of halogens is 4. The summed E-state index contributed by atoms with van der Waals surface area (Å²) in [5.74, 6) is -0.249. The summed E-state index contributed by atoms with van der Waals surface area (Å²) in [5.41, 5.74) is 3.56. The van der Waals surface area contributed by atoms with Crippen molar-refractivity contribution in [1.29, 1.82) is 0 Å². The fourth-order valence-electron chi connectivity index (χ4n) is 3.94. The van der Waals surface area contributed by atoms with Gasteiger partial charge in [0.1, 0.15) is 5.69 Å². The molecule has 0 saturated heterocycles. The van der Waals surface area contributed by atoms with Crippen molar-refractivity contribution >= 4 is 11.6 Å². The molecule has 0 amide bonds. The zero-order valence-corrected chi connectivity index (χ0v) is 20.3. The predicted molar refractivity (Wildman–Crippen MR) is 132 cm³/mol. The third kappa shape index (κ3) is 4.49. The van der Waals surface area contributed by atoms with Crippen molar-refractivity contribution in [3.05, 3.63) is 88.8 Å². The van der Waals surface area contributed by atoms with Crippen molar-refractivity contribution in [3.63, 3.8) is 0 Å². The van der Waals surface area contributed by atoms with Gasteiger partial charge in [0, 0.05) is 29.9 Å². The fraction of sp³-hybridized carbons (Fsp3) is 0.154. The summed E-state index contributed by atoms with van der Waals surface area (Å²) in [7, 11) is 1.67. The first-order valence-electron chi connectivity index (χ1n) is 11.0. The van der Waals surface area contributed by atoms with E-state index >= 15 is 0 Å². The van der Waals surface area contributed by atoms with E-state index in [1.54, 1.807) is 13.2 Å². The third-order valence-electron chi connectivity index (χ3n) is 5.61. The van der Waals surface area contributed by atoms with Gasteiger partial charge in [0.2, 0.25) is 0 Å². The van der Waals surface area contributed by atoms with Crippen LogP contribution >= 0.6 is 11.6 Å². The van der Waals surface area contributed by atoms with Crippen LogP contribution in [-0.4, -0.2) is 29.5 Å². The molecular weight excluding hydrogens is 489 g/mol. The van der Waals surface area contributed by atoms with Crippen molar-refractivity contribution in [3.8, 4) is 39.7 Å². The molecule has 5 aromatic rings. The smallest absolute Gasteiger partial charge is 0.275 e. The number of benzene rings is 2. The van der Waals surface area contributed by atoms with Gasteiger partial charge >= 0.3 is 6.18 Å². The van der Waals surface area contributed by atoms with E-state index in [4.69, 9.17) is 11.6 Å². The Kier molecular flexibility index (Phi) is 5.88.